The summed E-state index contributed by atoms with van der Waals surface area (Å²) in [7, 11) is 0. The maximum absolute atomic E-state index is 11.9. The van der Waals surface area contributed by atoms with Gasteiger partial charge in [-0.05, 0) is 26.2 Å². The van der Waals surface area contributed by atoms with E-state index in [-0.39, 0.29) is 11.7 Å². The van der Waals surface area contributed by atoms with Crippen LogP contribution in [0.1, 0.15) is 39.0 Å². The average molecular weight is 226 g/mol. The Hall–Kier alpha value is -1.19. The molecule has 2 atom stereocenters. The van der Waals surface area contributed by atoms with Crippen LogP contribution < -0.4 is 0 Å². The number of Topliss-reactive ketones (excluding diaryl/α,β-unsaturated/α-hetero) is 1. The highest BCUT2D eigenvalue weighted by molar-refractivity contribution is 6.00. The van der Waals surface area contributed by atoms with Crippen molar-refractivity contribution in [2.45, 2.75) is 39.0 Å². The van der Waals surface area contributed by atoms with Gasteiger partial charge in [-0.2, -0.15) is 0 Å². The van der Waals surface area contributed by atoms with Crippen molar-refractivity contribution >= 4 is 18.0 Å². The highest BCUT2D eigenvalue weighted by atomic mass is 16.5. The maximum Gasteiger partial charge on any atom is 0.316 e. The molecule has 0 aromatic rings. The molecule has 0 aromatic carbocycles. The Labute approximate surface area is 95.3 Å². The Morgan fingerprint density at radius 2 is 2.25 bits per heavy atom. The topological polar surface area (TPSA) is 60.4 Å². The largest absolute Gasteiger partial charge is 0.465 e. The molecule has 16 heavy (non-hydrogen) atoms. The van der Waals surface area contributed by atoms with Gasteiger partial charge in [-0.15, -0.1) is 0 Å². The minimum absolute atomic E-state index is 0.0356. The van der Waals surface area contributed by atoms with Gasteiger partial charge in [0.1, 0.15) is 18.0 Å². The van der Waals surface area contributed by atoms with E-state index in [0.29, 0.717) is 25.9 Å². The summed E-state index contributed by atoms with van der Waals surface area (Å²) < 4.78 is 4.88. The Kier molecular flexibility index (Phi) is 5.15. The summed E-state index contributed by atoms with van der Waals surface area (Å²) in [5.41, 5.74) is 0. The number of hydrogen-bond donors (Lipinski definition) is 0. The maximum atomic E-state index is 11.9. The van der Waals surface area contributed by atoms with Gasteiger partial charge < -0.3 is 9.53 Å². The van der Waals surface area contributed by atoms with Gasteiger partial charge in [0.25, 0.3) is 0 Å². The fourth-order valence-electron chi connectivity index (χ4n) is 2.17. The number of carbonyl (C=O) groups is 3. The smallest absolute Gasteiger partial charge is 0.316 e. The fourth-order valence-corrected chi connectivity index (χ4v) is 2.17. The molecular formula is C12H18O4. The Bertz CT molecular complexity index is 272. The summed E-state index contributed by atoms with van der Waals surface area (Å²) in [6.07, 6.45) is 4.03. The van der Waals surface area contributed by atoms with Gasteiger partial charge in [-0.25, -0.2) is 0 Å². The van der Waals surface area contributed by atoms with Crippen LogP contribution in [0.4, 0.5) is 0 Å². The van der Waals surface area contributed by atoms with Gasteiger partial charge in [0.05, 0.1) is 6.61 Å². The normalized spacial score (nSPS) is 25.2. The molecule has 1 fully saturated rings. The molecule has 1 aliphatic carbocycles. The number of aldehydes is 1. The first-order chi connectivity index (χ1) is 7.70. The monoisotopic (exact) mass is 226 g/mol. The van der Waals surface area contributed by atoms with E-state index < -0.39 is 11.9 Å². The zero-order chi connectivity index (χ0) is 12.0. The lowest BCUT2D eigenvalue weighted by Gasteiger charge is -2.25. The van der Waals surface area contributed by atoms with Crippen LogP contribution in [0.15, 0.2) is 0 Å². The quantitative estimate of drug-likeness (QED) is 0.405. The number of esters is 1. The zero-order valence-corrected chi connectivity index (χ0v) is 9.61. The van der Waals surface area contributed by atoms with Gasteiger partial charge in [-0.1, -0.05) is 6.42 Å². The lowest BCUT2D eigenvalue weighted by atomic mass is 9.78. The molecule has 1 saturated carbocycles. The SMILES string of the molecule is CCOC(=O)C1CCCC(CCC=O)C1=O. The second kappa shape index (κ2) is 6.40. The number of carbonyl (C=O) groups excluding carboxylic acids is 3. The van der Waals surface area contributed by atoms with Crippen LogP contribution in [0.5, 0.6) is 0 Å². The molecule has 0 spiro atoms. The van der Waals surface area contributed by atoms with Crippen LogP contribution >= 0.6 is 0 Å². The first-order valence-electron chi connectivity index (χ1n) is 5.84. The Morgan fingerprint density at radius 1 is 1.50 bits per heavy atom. The van der Waals surface area contributed by atoms with Crippen LogP contribution in [-0.4, -0.2) is 24.6 Å². The third kappa shape index (κ3) is 3.15. The van der Waals surface area contributed by atoms with Crippen LogP contribution in [0.3, 0.4) is 0 Å². The molecule has 90 valence electrons. The van der Waals surface area contributed by atoms with E-state index in [1.807, 2.05) is 0 Å². The van der Waals surface area contributed by atoms with Crippen LogP contribution in [0, 0.1) is 11.8 Å². The van der Waals surface area contributed by atoms with E-state index in [4.69, 9.17) is 4.74 Å². The van der Waals surface area contributed by atoms with E-state index in [2.05, 4.69) is 0 Å². The Morgan fingerprint density at radius 3 is 2.88 bits per heavy atom. The lowest BCUT2D eigenvalue weighted by Crippen LogP contribution is -2.35. The molecule has 4 heteroatoms. The zero-order valence-electron chi connectivity index (χ0n) is 9.61. The van der Waals surface area contributed by atoms with E-state index >= 15 is 0 Å². The second-order valence-electron chi connectivity index (χ2n) is 4.08. The van der Waals surface area contributed by atoms with Crippen molar-refractivity contribution in [1.29, 1.82) is 0 Å². The molecule has 0 aliphatic heterocycles. The van der Waals surface area contributed by atoms with Crippen molar-refractivity contribution in [3.8, 4) is 0 Å². The molecule has 1 aliphatic rings. The minimum Gasteiger partial charge on any atom is -0.465 e. The van der Waals surface area contributed by atoms with Crippen LogP contribution in [0.2, 0.25) is 0 Å². The number of ketones is 1. The van der Waals surface area contributed by atoms with Gasteiger partial charge in [0.15, 0.2) is 0 Å². The summed E-state index contributed by atoms with van der Waals surface area (Å²) in [6, 6.07) is 0. The Balaban J connectivity index is 2.56. The fraction of sp³-hybridized carbons (Fsp3) is 0.750. The summed E-state index contributed by atoms with van der Waals surface area (Å²) >= 11 is 0. The predicted molar refractivity (Wildman–Crippen MR) is 57.8 cm³/mol. The molecule has 0 heterocycles. The molecule has 4 nitrogen and oxygen atoms in total. The molecule has 1 rings (SSSR count). The number of ether oxygens (including phenoxy) is 1. The third-order valence-corrected chi connectivity index (χ3v) is 3.00. The molecule has 0 amide bonds. The molecule has 2 unspecified atom stereocenters. The van der Waals surface area contributed by atoms with E-state index in [0.717, 1.165) is 19.1 Å². The number of hydrogen-bond acceptors (Lipinski definition) is 4. The first-order valence-corrected chi connectivity index (χ1v) is 5.84. The standard InChI is InChI=1S/C12H18O4/c1-2-16-12(15)10-7-3-5-9(11(10)14)6-4-8-13/h8-10H,2-7H2,1H3. The highest BCUT2D eigenvalue weighted by Gasteiger charge is 2.36. The van der Waals surface area contributed by atoms with Gasteiger partial charge in [0, 0.05) is 12.3 Å². The third-order valence-electron chi connectivity index (χ3n) is 3.00. The van der Waals surface area contributed by atoms with Crippen LogP contribution in [0.25, 0.3) is 0 Å². The average Bonchev–Trinajstić information content (AvgIpc) is 2.28. The second-order valence-corrected chi connectivity index (χ2v) is 4.08. The summed E-state index contributed by atoms with van der Waals surface area (Å²) in [4.78, 5) is 33.7. The van der Waals surface area contributed by atoms with Gasteiger partial charge >= 0.3 is 5.97 Å². The van der Waals surface area contributed by atoms with Crippen molar-refractivity contribution in [2.24, 2.45) is 11.8 Å². The summed E-state index contributed by atoms with van der Waals surface area (Å²) in [6.45, 7) is 2.04. The van der Waals surface area contributed by atoms with Crippen LogP contribution in [-0.2, 0) is 19.1 Å². The predicted octanol–water partition coefficient (Wildman–Crippen LogP) is 1.51. The van der Waals surface area contributed by atoms with Crippen molar-refractivity contribution in [1.82, 2.24) is 0 Å². The lowest BCUT2D eigenvalue weighted by molar-refractivity contribution is -0.154. The van der Waals surface area contributed by atoms with Crippen molar-refractivity contribution in [2.75, 3.05) is 6.61 Å². The van der Waals surface area contributed by atoms with Gasteiger partial charge in [-0.3, -0.25) is 9.59 Å². The molecular weight excluding hydrogens is 208 g/mol. The summed E-state index contributed by atoms with van der Waals surface area (Å²) in [5.74, 6) is -1.16. The van der Waals surface area contributed by atoms with Crippen molar-refractivity contribution in [3.63, 3.8) is 0 Å². The van der Waals surface area contributed by atoms with Gasteiger partial charge in [0.2, 0.25) is 0 Å². The highest BCUT2D eigenvalue weighted by Crippen LogP contribution is 2.29. The van der Waals surface area contributed by atoms with Crippen molar-refractivity contribution < 1.29 is 19.1 Å². The minimum atomic E-state index is -0.592. The van der Waals surface area contributed by atoms with Crippen molar-refractivity contribution in [3.05, 3.63) is 0 Å². The molecule has 0 bridgehead atoms. The van der Waals surface area contributed by atoms with E-state index in [9.17, 15) is 14.4 Å². The first kappa shape index (κ1) is 12.9. The molecule has 0 radical (unpaired) electrons. The van der Waals surface area contributed by atoms with E-state index in [1.54, 1.807) is 6.92 Å². The molecule has 0 aromatic heterocycles. The molecule has 0 saturated heterocycles. The van der Waals surface area contributed by atoms with E-state index in [1.165, 1.54) is 0 Å². The number of rotatable bonds is 5. The summed E-state index contributed by atoms with van der Waals surface area (Å²) in [5, 5.41) is 0. The molecule has 0 N–H and O–H groups in total.